The maximum absolute atomic E-state index is 12.4. The Kier molecular flexibility index (Phi) is 8.02. The topological polar surface area (TPSA) is 81.7 Å². The molecule has 30 heavy (non-hydrogen) atoms. The zero-order valence-electron chi connectivity index (χ0n) is 17.2. The van der Waals surface area contributed by atoms with Crippen LogP contribution in [0.4, 0.5) is 5.00 Å². The van der Waals surface area contributed by atoms with E-state index in [0.29, 0.717) is 17.0 Å². The van der Waals surface area contributed by atoms with Gasteiger partial charge >= 0.3 is 11.9 Å². The van der Waals surface area contributed by atoms with Gasteiger partial charge in [0.2, 0.25) is 5.91 Å². The Morgan fingerprint density at radius 2 is 1.80 bits per heavy atom. The van der Waals surface area contributed by atoms with Crippen molar-refractivity contribution in [2.75, 3.05) is 18.5 Å². The second kappa shape index (κ2) is 10.9. The van der Waals surface area contributed by atoms with Gasteiger partial charge in [0.05, 0.1) is 25.2 Å². The molecule has 1 heterocycles. The lowest BCUT2D eigenvalue weighted by Crippen LogP contribution is -2.17. The molecule has 3 rings (SSSR count). The lowest BCUT2D eigenvalue weighted by molar-refractivity contribution is -0.144. The second-order valence-corrected chi connectivity index (χ2v) is 8.24. The predicted molar refractivity (Wildman–Crippen MR) is 116 cm³/mol. The summed E-state index contributed by atoms with van der Waals surface area (Å²) in [5.41, 5.74) is 2.58. The minimum absolute atomic E-state index is 0.000449. The van der Waals surface area contributed by atoms with Gasteiger partial charge in [-0.2, -0.15) is 0 Å². The van der Waals surface area contributed by atoms with E-state index in [1.807, 2.05) is 30.3 Å². The summed E-state index contributed by atoms with van der Waals surface area (Å²) in [4.78, 5) is 37.9. The van der Waals surface area contributed by atoms with Crippen LogP contribution in [0.15, 0.2) is 30.3 Å². The molecule has 1 amide bonds. The lowest BCUT2D eigenvalue weighted by Gasteiger charge is -2.12. The summed E-state index contributed by atoms with van der Waals surface area (Å²) in [6, 6.07) is 9.76. The molecule has 1 aliphatic rings. The van der Waals surface area contributed by atoms with E-state index < -0.39 is 11.9 Å². The number of ether oxygens (including phenoxy) is 2. The molecule has 0 bridgehead atoms. The van der Waals surface area contributed by atoms with E-state index >= 15 is 0 Å². The van der Waals surface area contributed by atoms with Crippen LogP contribution in [-0.2, 0) is 38.3 Å². The van der Waals surface area contributed by atoms with Gasteiger partial charge in [0.25, 0.3) is 0 Å². The third-order valence-corrected chi connectivity index (χ3v) is 6.16. The number of amides is 1. The van der Waals surface area contributed by atoms with Gasteiger partial charge in [-0.05, 0) is 43.7 Å². The largest absolute Gasteiger partial charge is 0.465 e. The van der Waals surface area contributed by atoms with Crippen molar-refractivity contribution in [3.63, 3.8) is 0 Å². The van der Waals surface area contributed by atoms with Crippen LogP contribution in [0.25, 0.3) is 0 Å². The summed E-state index contributed by atoms with van der Waals surface area (Å²) in [6.45, 7) is 2.33. The number of anilines is 1. The molecule has 0 saturated carbocycles. The minimum Gasteiger partial charge on any atom is -0.465 e. The van der Waals surface area contributed by atoms with E-state index in [0.717, 1.165) is 41.7 Å². The molecule has 0 fully saturated rings. The van der Waals surface area contributed by atoms with Gasteiger partial charge in [-0.1, -0.05) is 30.3 Å². The third kappa shape index (κ3) is 5.92. The number of benzene rings is 1. The van der Waals surface area contributed by atoms with Crippen LogP contribution in [0.5, 0.6) is 0 Å². The highest BCUT2D eigenvalue weighted by atomic mass is 32.1. The molecule has 1 aromatic carbocycles. The van der Waals surface area contributed by atoms with Crippen LogP contribution in [0, 0.1) is 0 Å². The van der Waals surface area contributed by atoms with E-state index in [9.17, 15) is 14.4 Å². The first-order valence-electron chi connectivity index (χ1n) is 10.4. The molecule has 1 aliphatic carbocycles. The average Bonchev–Trinajstić information content (AvgIpc) is 3.11. The Hall–Kier alpha value is -2.67. The van der Waals surface area contributed by atoms with E-state index in [1.165, 1.54) is 11.3 Å². The lowest BCUT2D eigenvalue weighted by atomic mass is 9.95. The molecule has 0 atom stereocenters. The van der Waals surface area contributed by atoms with Crippen LogP contribution < -0.4 is 5.32 Å². The fourth-order valence-corrected chi connectivity index (χ4v) is 4.77. The third-order valence-electron chi connectivity index (χ3n) is 4.96. The second-order valence-electron chi connectivity index (χ2n) is 7.14. The zero-order chi connectivity index (χ0) is 21.3. The molecule has 0 saturated heterocycles. The van der Waals surface area contributed by atoms with E-state index in [2.05, 4.69) is 5.32 Å². The van der Waals surface area contributed by atoms with Gasteiger partial charge in [0.15, 0.2) is 0 Å². The SMILES string of the molecule is CCOC(=O)c1c(NC(=O)CCC(=O)OCCc2ccccc2)sc2c1CCCC2. The number of aryl methyl sites for hydroxylation is 1. The molecule has 160 valence electrons. The number of rotatable bonds is 9. The van der Waals surface area contributed by atoms with Crippen LogP contribution in [-0.4, -0.2) is 31.1 Å². The Morgan fingerprint density at radius 1 is 1.03 bits per heavy atom. The fourth-order valence-electron chi connectivity index (χ4n) is 3.48. The van der Waals surface area contributed by atoms with Crippen molar-refractivity contribution >= 4 is 34.2 Å². The molecule has 2 aromatic rings. The van der Waals surface area contributed by atoms with Gasteiger partial charge in [0, 0.05) is 17.7 Å². The standard InChI is InChI=1S/C23H27NO5S/c1-2-28-23(27)21-17-10-6-7-11-18(17)30-22(21)24-19(25)12-13-20(26)29-15-14-16-8-4-3-5-9-16/h3-5,8-9H,2,6-7,10-15H2,1H3,(H,24,25). The minimum atomic E-state index is -0.405. The number of hydrogen-bond donors (Lipinski definition) is 1. The first kappa shape index (κ1) is 22.0. The van der Waals surface area contributed by atoms with Crippen molar-refractivity contribution in [3.05, 3.63) is 51.9 Å². The van der Waals surface area contributed by atoms with Gasteiger partial charge in [-0.25, -0.2) is 4.79 Å². The molecule has 0 radical (unpaired) electrons. The first-order chi connectivity index (χ1) is 14.6. The van der Waals surface area contributed by atoms with Gasteiger partial charge in [-0.15, -0.1) is 11.3 Å². The monoisotopic (exact) mass is 429 g/mol. The maximum atomic E-state index is 12.4. The van der Waals surface area contributed by atoms with Gasteiger partial charge < -0.3 is 14.8 Å². The molecule has 7 heteroatoms. The van der Waals surface area contributed by atoms with Crippen LogP contribution in [0.3, 0.4) is 0 Å². The molecule has 0 spiro atoms. The Bertz CT molecular complexity index is 890. The number of hydrogen-bond acceptors (Lipinski definition) is 6. The zero-order valence-corrected chi connectivity index (χ0v) is 18.0. The fraction of sp³-hybridized carbons (Fsp3) is 0.435. The highest BCUT2D eigenvalue weighted by Gasteiger charge is 2.27. The quantitative estimate of drug-likeness (QED) is 0.601. The molecule has 1 aromatic heterocycles. The summed E-state index contributed by atoms with van der Waals surface area (Å²) in [7, 11) is 0. The number of carbonyl (C=O) groups excluding carboxylic acids is 3. The average molecular weight is 430 g/mol. The van der Waals surface area contributed by atoms with E-state index in [1.54, 1.807) is 6.92 Å². The van der Waals surface area contributed by atoms with Crippen molar-refractivity contribution in [1.29, 1.82) is 0 Å². The number of fused-ring (bicyclic) bond motifs is 1. The Morgan fingerprint density at radius 3 is 2.57 bits per heavy atom. The highest BCUT2D eigenvalue weighted by Crippen LogP contribution is 2.38. The molecular weight excluding hydrogens is 402 g/mol. The highest BCUT2D eigenvalue weighted by molar-refractivity contribution is 7.17. The Labute approximate surface area is 180 Å². The normalized spacial score (nSPS) is 12.7. The summed E-state index contributed by atoms with van der Waals surface area (Å²) >= 11 is 1.44. The van der Waals surface area contributed by atoms with Crippen molar-refractivity contribution < 1.29 is 23.9 Å². The van der Waals surface area contributed by atoms with Crippen molar-refractivity contribution in [2.45, 2.75) is 51.9 Å². The predicted octanol–water partition coefficient (Wildman–Crippen LogP) is 4.31. The number of esters is 2. The summed E-state index contributed by atoms with van der Waals surface area (Å²) in [5, 5.41) is 3.35. The van der Waals surface area contributed by atoms with Crippen molar-refractivity contribution in [3.8, 4) is 0 Å². The van der Waals surface area contributed by atoms with Gasteiger partial charge in [0.1, 0.15) is 5.00 Å². The summed E-state index contributed by atoms with van der Waals surface area (Å²) in [6.07, 6.45) is 4.49. The van der Waals surface area contributed by atoms with Crippen LogP contribution in [0.2, 0.25) is 0 Å². The van der Waals surface area contributed by atoms with Crippen LogP contribution >= 0.6 is 11.3 Å². The number of nitrogens with one attached hydrogen (secondary N) is 1. The van der Waals surface area contributed by atoms with Crippen molar-refractivity contribution in [2.24, 2.45) is 0 Å². The van der Waals surface area contributed by atoms with Crippen molar-refractivity contribution in [1.82, 2.24) is 0 Å². The number of thiophene rings is 1. The number of carbonyl (C=O) groups is 3. The van der Waals surface area contributed by atoms with Gasteiger partial charge in [-0.3, -0.25) is 9.59 Å². The maximum Gasteiger partial charge on any atom is 0.341 e. The molecule has 6 nitrogen and oxygen atoms in total. The molecule has 0 unspecified atom stereocenters. The Balaban J connectivity index is 1.51. The summed E-state index contributed by atoms with van der Waals surface area (Å²) < 4.78 is 10.4. The summed E-state index contributed by atoms with van der Waals surface area (Å²) in [5.74, 6) is -1.11. The first-order valence-corrected chi connectivity index (χ1v) is 11.2. The molecule has 1 N–H and O–H groups in total. The van der Waals surface area contributed by atoms with Crippen LogP contribution in [0.1, 0.15) is 59.0 Å². The molecule has 0 aliphatic heterocycles. The van der Waals surface area contributed by atoms with E-state index in [4.69, 9.17) is 9.47 Å². The molecular formula is C23H27NO5S. The smallest absolute Gasteiger partial charge is 0.341 e. The van der Waals surface area contributed by atoms with E-state index in [-0.39, 0.29) is 32.0 Å².